The van der Waals surface area contributed by atoms with Crippen LogP contribution in [0.5, 0.6) is 0 Å². The lowest BCUT2D eigenvalue weighted by Gasteiger charge is -2.26. The summed E-state index contributed by atoms with van der Waals surface area (Å²) in [5, 5.41) is 0. The fourth-order valence-corrected chi connectivity index (χ4v) is 2.43. The van der Waals surface area contributed by atoms with Crippen molar-refractivity contribution in [3.63, 3.8) is 0 Å². The second kappa shape index (κ2) is 5.13. The van der Waals surface area contributed by atoms with Gasteiger partial charge in [-0.1, -0.05) is 19.9 Å². The minimum atomic E-state index is -0.918. The summed E-state index contributed by atoms with van der Waals surface area (Å²) in [5.74, 6) is -0.576. The van der Waals surface area contributed by atoms with Crippen LogP contribution in [0.2, 0.25) is 0 Å². The maximum Gasteiger partial charge on any atom is 0.168 e. The molecule has 0 atom stereocenters. The van der Waals surface area contributed by atoms with Crippen LogP contribution in [-0.4, -0.2) is 9.55 Å². The molecule has 1 heterocycles. The minimum Gasteiger partial charge on any atom is -0.383 e. The van der Waals surface area contributed by atoms with E-state index < -0.39 is 11.6 Å². The summed E-state index contributed by atoms with van der Waals surface area (Å²) >= 11 is 0. The van der Waals surface area contributed by atoms with Gasteiger partial charge in [-0.15, -0.1) is 0 Å². The summed E-state index contributed by atoms with van der Waals surface area (Å²) in [4.78, 5) is 4.48. The molecule has 0 spiro atoms. The molecule has 0 fully saturated rings. The average molecular weight is 293 g/mol. The molecule has 5 heteroatoms. The fraction of sp³-hybridized carbons (Fsp3) is 0.438. The van der Waals surface area contributed by atoms with Gasteiger partial charge in [-0.3, -0.25) is 0 Å². The van der Waals surface area contributed by atoms with E-state index in [0.717, 1.165) is 11.9 Å². The molecule has 2 N–H and O–H groups in total. The zero-order valence-electron chi connectivity index (χ0n) is 13.0. The Morgan fingerprint density at radius 2 is 1.81 bits per heavy atom. The van der Waals surface area contributed by atoms with E-state index in [1.54, 1.807) is 0 Å². The summed E-state index contributed by atoms with van der Waals surface area (Å²) in [6.07, 6.45) is 0. The first-order chi connectivity index (χ1) is 9.64. The van der Waals surface area contributed by atoms with Crippen LogP contribution in [0.1, 0.15) is 46.4 Å². The first-order valence-electron chi connectivity index (χ1n) is 6.97. The molecule has 0 amide bonds. The summed E-state index contributed by atoms with van der Waals surface area (Å²) < 4.78 is 29.4. The second-order valence-corrected chi connectivity index (χ2v) is 6.47. The zero-order valence-corrected chi connectivity index (χ0v) is 13.0. The zero-order chi connectivity index (χ0) is 15.9. The Kier molecular flexibility index (Phi) is 3.78. The van der Waals surface area contributed by atoms with E-state index in [-0.39, 0.29) is 17.0 Å². The Labute approximate surface area is 123 Å². The van der Waals surface area contributed by atoms with Gasteiger partial charge in [0.25, 0.3) is 0 Å². The largest absolute Gasteiger partial charge is 0.383 e. The molecule has 0 unspecified atom stereocenters. The molecule has 1 aromatic carbocycles. The third kappa shape index (κ3) is 2.64. The van der Waals surface area contributed by atoms with Gasteiger partial charge in [-0.25, -0.2) is 13.8 Å². The van der Waals surface area contributed by atoms with Crippen LogP contribution in [0.3, 0.4) is 0 Å². The number of nitrogens with zero attached hydrogens (tertiary/aromatic N) is 2. The van der Waals surface area contributed by atoms with Gasteiger partial charge in [0, 0.05) is 17.0 Å². The third-order valence-electron chi connectivity index (χ3n) is 3.33. The highest BCUT2D eigenvalue weighted by Crippen LogP contribution is 2.35. The first-order valence-corrected chi connectivity index (χ1v) is 6.97. The molecule has 3 nitrogen and oxygen atoms in total. The van der Waals surface area contributed by atoms with Crippen LogP contribution in [0.15, 0.2) is 18.2 Å². The van der Waals surface area contributed by atoms with Crippen molar-refractivity contribution in [2.45, 2.75) is 46.1 Å². The summed E-state index contributed by atoms with van der Waals surface area (Å²) in [5.41, 5.74) is 6.29. The summed E-state index contributed by atoms with van der Waals surface area (Å²) in [6, 6.07) is 4.03. The highest BCUT2D eigenvalue weighted by atomic mass is 19.2. The lowest BCUT2D eigenvalue weighted by Crippen LogP contribution is -2.26. The topological polar surface area (TPSA) is 43.8 Å². The molecule has 21 heavy (non-hydrogen) atoms. The van der Waals surface area contributed by atoms with Gasteiger partial charge < -0.3 is 10.3 Å². The van der Waals surface area contributed by atoms with Gasteiger partial charge in [0.05, 0.1) is 0 Å². The van der Waals surface area contributed by atoms with E-state index in [1.165, 1.54) is 12.1 Å². The van der Waals surface area contributed by atoms with Crippen LogP contribution < -0.4 is 5.73 Å². The van der Waals surface area contributed by atoms with Crippen molar-refractivity contribution in [1.82, 2.24) is 9.55 Å². The number of anilines is 1. The van der Waals surface area contributed by atoms with Gasteiger partial charge in [0.15, 0.2) is 11.6 Å². The summed E-state index contributed by atoms with van der Waals surface area (Å²) in [6.45, 7) is 10.00. The highest BCUT2D eigenvalue weighted by molar-refractivity contribution is 5.72. The van der Waals surface area contributed by atoms with E-state index in [9.17, 15) is 8.78 Å². The van der Waals surface area contributed by atoms with E-state index in [4.69, 9.17) is 5.73 Å². The Bertz CT molecular complexity index is 667. The number of rotatable bonds is 2. The van der Waals surface area contributed by atoms with E-state index in [1.807, 2.05) is 39.2 Å². The molecular weight excluding hydrogens is 272 g/mol. The fourth-order valence-electron chi connectivity index (χ4n) is 2.43. The maximum atomic E-state index is 14.0. The van der Waals surface area contributed by atoms with Crippen LogP contribution in [0.25, 0.3) is 11.3 Å². The van der Waals surface area contributed by atoms with Crippen molar-refractivity contribution >= 4 is 5.82 Å². The van der Waals surface area contributed by atoms with E-state index >= 15 is 0 Å². The predicted molar refractivity (Wildman–Crippen MR) is 81.1 cm³/mol. The van der Waals surface area contributed by atoms with Gasteiger partial charge in [0.2, 0.25) is 0 Å². The van der Waals surface area contributed by atoms with Crippen molar-refractivity contribution in [2.24, 2.45) is 0 Å². The van der Waals surface area contributed by atoms with Crippen molar-refractivity contribution in [2.75, 3.05) is 5.73 Å². The molecule has 1 aromatic heterocycles. The standard InChI is InChI=1S/C16H21F2N3/c1-9(2)15-20-13(14(19)21(15)16(3,4)5)10-7-6-8-11(17)12(10)18/h6-9H,19H2,1-5H3. The molecule has 0 bridgehead atoms. The van der Waals surface area contributed by atoms with Crippen LogP contribution in [-0.2, 0) is 5.54 Å². The molecule has 0 saturated heterocycles. The maximum absolute atomic E-state index is 14.0. The molecular formula is C16H21F2N3. The van der Waals surface area contributed by atoms with Crippen LogP contribution >= 0.6 is 0 Å². The number of nitrogens with two attached hydrogens (primary N) is 1. The first kappa shape index (κ1) is 15.5. The number of imidazole rings is 1. The number of hydrogen-bond acceptors (Lipinski definition) is 2. The van der Waals surface area contributed by atoms with E-state index in [2.05, 4.69) is 4.98 Å². The van der Waals surface area contributed by atoms with Gasteiger partial charge in [-0.2, -0.15) is 0 Å². The highest BCUT2D eigenvalue weighted by Gasteiger charge is 2.27. The molecule has 2 aromatic rings. The van der Waals surface area contributed by atoms with E-state index in [0.29, 0.717) is 11.5 Å². The molecule has 0 saturated carbocycles. The van der Waals surface area contributed by atoms with Gasteiger partial charge >= 0.3 is 0 Å². The third-order valence-corrected chi connectivity index (χ3v) is 3.33. The van der Waals surface area contributed by atoms with Crippen molar-refractivity contribution in [3.05, 3.63) is 35.7 Å². The van der Waals surface area contributed by atoms with Crippen LogP contribution in [0.4, 0.5) is 14.6 Å². The lowest BCUT2D eigenvalue weighted by molar-refractivity contribution is 0.382. The molecule has 114 valence electrons. The van der Waals surface area contributed by atoms with Crippen molar-refractivity contribution in [1.29, 1.82) is 0 Å². The Balaban J connectivity index is 2.75. The number of nitrogen functional groups attached to an aromatic ring is 1. The van der Waals surface area contributed by atoms with Crippen LogP contribution in [0, 0.1) is 11.6 Å². The van der Waals surface area contributed by atoms with Crippen molar-refractivity contribution < 1.29 is 8.78 Å². The molecule has 2 rings (SSSR count). The quantitative estimate of drug-likeness (QED) is 0.897. The minimum absolute atomic E-state index is 0.0948. The lowest BCUT2D eigenvalue weighted by atomic mass is 10.1. The van der Waals surface area contributed by atoms with Gasteiger partial charge in [0.1, 0.15) is 17.3 Å². The molecule has 0 aliphatic carbocycles. The normalized spacial score (nSPS) is 12.2. The Hall–Kier alpha value is -1.91. The molecule has 0 radical (unpaired) electrons. The summed E-state index contributed by atoms with van der Waals surface area (Å²) in [7, 11) is 0. The predicted octanol–water partition coefficient (Wildman–Crippen LogP) is 4.29. The Morgan fingerprint density at radius 3 is 2.29 bits per heavy atom. The van der Waals surface area contributed by atoms with Crippen molar-refractivity contribution in [3.8, 4) is 11.3 Å². The molecule has 0 aliphatic rings. The second-order valence-electron chi connectivity index (χ2n) is 6.47. The van der Waals surface area contributed by atoms with Gasteiger partial charge in [-0.05, 0) is 32.9 Å². The monoisotopic (exact) mass is 293 g/mol. The number of hydrogen-bond donors (Lipinski definition) is 1. The number of benzene rings is 1. The Morgan fingerprint density at radius 1 is 1.19 bits per heavy atom. The molecule has 0 aliphatic heterocycles. The smallest absolute Gasteiger partial charge is 0.168 e. The number of aromatic nitrogens is 2. The average Bonchev–Trinajstić information content (AvgIpc) is 2.70. The number of halogens is 2. The SMILES string of the molecule is CC(C)c1nc(-c2cccc(F)c2F)c(N)n1C(C)(C)C.